The zero-order chi connectivity index (χ0) is 18.6. The van der Waals surface area contributed by atoms with Crippen LogP contribution < -0.4 is 4.72 Å². The summed E-state index contributed by atoms with van der Waals surface area (Å²) < 4.78 is 47.5. The summed E-state index contributed by atoms with van der Waals surface area (Å²) in [7, 11) is -3.98. The van der Waals surface area contributed by atoms with Gasteiger partial charge in [-0.15, -0.1) is 0 Å². The van der Waals surface area contributed by atoms with Crippen LogP contribution in [0.1, 0.15) is 17.2 Å². The van der Waals surface area contributed by atoms with E-state index in [1.807, 2.05) is 31.2 Å². The van der Waals surface area contributed by atoms with E-state index in [9.17, 15) is 12.8 Å². The van der Waals surface area contributed by atoms with Gasteiger partial charge in [0.05, 0.1) is 19.3 Å². The van der Waals surface area contributed by atoms with Crippen LogP contribution in [0, 0.1) is 12.7 Å². The van der Waals surface area contributed by atoms with Gasteiger partial charge < -0.3 is 4.74 Å². The number of rotatable bonds is 6. The molecule has 7 heteroatoms. The number of ether oxygens (including phenoxy) is 1. The molecule has 1 saturated heterocycles. The Morgan fingerprint density at radius 1 is 1.12 bits per heavy atom. The van der Waals surface area contributed by atoms with E-state index in [0.717, 1.165) is 30.3 Å². The first-order valence-electron chi connectivity index (χ1n) is 8.59. The first kappa shape index (κ1) is 19.0. The molecule has 0 aliphatic carbocycles. The fraction of sp³-hybridized carbons (Fsp3) is 0.368. The normalized spacial score (nSPS) is 17.2. The molecule has 0 radical (unpaired) electrons. The van der Waals surface area contributed by atoms with Crippen molar-refractivity contribution in [2.45, 2.75) is 17.9 Å². The number of benzene rings is 2. The molecular formula is C19H23FN2O3S. The summed E-state index contributed by atoms with van der Waals surface area (Å²) >= 11 is 0. The fourth-order valence-electron chi connectivity index (χ4n) is 2.96. The van der Waals surface area contributed by atoms with E-state index in [1.54, 1.807) is 0 Å². The molecule has 2 aromatic rings. The smallest absolute Gasteiger partial charge is 0.244 e. The van der Waals surface area contributed by atoms with Crippen LogP contribution in [0.4, 0.5) is 4.39 Å². The quantitative estimate of drug-likeness (QED) is 0.839. The Morgan fingerprint density at radius 3 is 2.42 bits per heavy atom. The minimum atomic E-state index is -3.98. The average molecular weight is 378 g/mol. The Hall–Kier alpha value is -1.80. The highest BCUT2D eigenvalue weighted by atomic mass is 32.2. The van der Waals surface area contributed by atoms with Gasteiger partial charge in [0, 0.05) is 19.6 Å². The van der Waals surface area contributed by atoms with Crippen LogP contribution in [0.5, 0.6) is 0 Å². The minimum absolute atomic E-state index is 0.334. The van der Waals surface area contributed by atoms with E-state index in [4.69, 9.17) is 4.74 Å². The van der Waals surface area contributed by atoms with Crippen molar-refractivity contribution in [1.29, 1.82) is 0 Å². The van der Waals surface area contributed by atoms with E-state index in [0.29, 0.717) is 19.8 Å². The van der Waals surface area contributed by atoms with Gasteiger partial charge in [-0.05, 0) is 24.6 Å². The summed E-state index contributed by atoms with van der Waals surface area (Å²) in [5.74, 6) is -0.756. The van der Waals surface area contributed by atoms with Crippen LogP contribution in [0.25, 0.3) is 0 Å². The predicted molar refractivity (Wildman–Crippen MR) is 97.9 cm³/mol. The Balaban J connectivity index is 1.87. The fourth-order valence-corrected chi connectivity index (χ4v) is 4.26. The molecule has 1 heterocycles. The van der Waals surface area contributed by atoms with E-state index < -0.39 is 21.9 Å². The van der Waals surface area contributed by atoms with Crippen molar-refractivity contribution in [3.8, 4) is 0 Å². The molecule has 5 nitrogen and oxygen atoms in total. The molecule has 0 saturated carbocycles. The van der Waals surface area contributed by atoms with Gasteiger partial charge in [-0.25, -0.2) is 17.5 Å². The van der Waals surface area contributed by atoms with Crippen LogP contribution in [-0.4, -0.2) is 46.2 Å². The molecule has 140 valence electrons. The van der Waals surface area contributed by atoms with Gasteiger partial charge in [-0.3, -0.25) is 4.90 Å². The maximum Gasteiger partial charge on any atom is 0.244 e. The summed E-state index contributed by atoms with van der Waals surface area (Å²) in [5.41, 5.74) is 1.94. The van der Waals surface area contributed by atoms with Crippen molar-refractivity contribution in [3.05, 3.63) is 65.5 Å². The Morgan fingerprint density at radius 2 is 1.77 bits per heavy atom. The molecule has 0 spiro atoms. The van der Waals surface area contributed by atoms with Crippen molar-refractivity contribution < 1.29 is 17.5 Å². The van der Waals surface area contributed by atoms with E-state index in [1.165, 1.54) is 18.2 Å². The van der Waals surface area contributed by atoms with Gasteiger partial charge in [0.15, 0.2) is 0 Å². The standard InChI is InChI=1S/C19H23FN2O3S/c1-15-6-8-16(9-7-15)18(14-22-10-12-25-13-11-22)21-26(23,24)19-5-3-2-4-17(19)20/h2-9,18,21H,10-14H2,1H3. The van der Waals surface area contributed by atoms with Gasteiger partial charge in [-0.1, -0.05) is 42.0 Å². The third-order valence-corrected chi connectivity index (χ3v) is 5.95. The monoisotopic (exact) mass is 378 g/mol. The topological polar surface area (TPSA) is 58.6 Å². The second-order valence-electron chi connectivity index (χ2n) is 6.43. The first-order valence-corrected chi connectivity index (χ1v) is 10.1. The number of aryl methyl sites for hydroxylation is 1. The third-order valence-electron chi connectivity index (χ3n) is 4.45. The van der Waals surface area contributed by atoms with Crippen molar-refractivity contribution in [1.82, 2.24) is 9.62 Å². The third kappa shape index (κ3) is 4.67. The maximum atomic E-state index is 14.0. The van der Waals surface area contributed by atoms with Crippen LogP contribution >= 0.6 is 0 Å². The van der Waals surface area contributed by atoms with Crippen molar-refractivity contribution in [3.63, 3.8) is 0 Å². The first-order chi connectivity index (χ1) is 12.5. The molecule has 1 unspecified atom stereocenters. The van der Waals surface area contributed by atoms with Gasteiger partial charge in [0.2, 0.25) is 10.0 Å². The second kappa shape index (κ2) is 8.26. The summed E-state index contributed by atoms with van der Waals surface area (Å²) in [6.45, 7) is 5.21. The zero-order valence-electron chi connectivity index (χ0n) is 14.7. The summed E-state index contributed by atoms with van der Waals surface area (Å²) in [6, 6.07) is 12.6. The van der Waals surface area contributed by atoms with E-state index >= 15 is 0 Å². The highest BCUT2D eigenvalue weighted by Crippen LogP contribution is 2.21. The average Bonchev–Trinajstić information content (AvgIpc) is 2.63. The number of hydrogen-bond acceptors (Lipinski definition) is 4. The highest BCUT2D eigenvalue weighted by molar-refractivity contribution is 7.89. The molecule has 26 heavy (non-hydrogen) atoms. The van der Waals surface area contributed by atoms with Crippen LogP contribution in [0.15, 0.2) is 53.4 Å². The molecule has 1 fully saturated rings. The van der Waals surface area contributed by atoms with Crippen molar-refractivity contribution in [2.24, 2.45) is 0 Å². The number of nitrogens with zero attached hydrogens (tertiary/aromatic N) is 1. The maximum absolute atomic E-state index is 14.0. The molecule has 1 aliphatic rings. The van der Waals surface area contributed by atoms with Crippen LogP contribution in [0.2, 0.25) is 0 Å². The Bertz CT molecular complexity index is 834. The predicted octanol–water partition coefficient (Wildman–Crippen LogP) is 2.49. The number of sulfonamides is 1. The Labute approximate surface area is 153 Å². The lowest BCUT2D eigenvalue weighted by atomic mass is 10.1. The molecule has 1 atom stereocenters. The number of hydrogen-bond donors (Lipinski definition) is 1. The molecule has 1 N–H and O–H groups in total. The van der Waals surface area contributed by atoms with Crippen molar-refractivity contribution >= 4 is 10.0 Å². The molecule has 0 bridgehead atoms. The van der Waals surface area contributed by atoms with Gasteiger partial charge in [-0.2, -0.15) is 0 Å². The molecular weight excluding hydrogens is 355 g/mol. The minimum Gasteiger partial charge on any atom is -0.379 e. The molecule has 0 aromatic heterocycles. The molecule has 3 rings (SSSR count). The van der Waals surface area contributed by atoms with Gasteiger partial charge in [0.1, 0.15) is 10.7 Å². The summed E-state index contributed by atoms with van der Waals surface area (Å²) in [4.78, 5) is 1.82. The lowest BCUT2D eigenvalue weighted by molar-refractivity contribution is 0.0345. The second-order valence-corrected chi connectivity index (χ2v) is 8.11. The van der Waals surface area contributed by atoms with Crippen LogP contribution in [-0.2, 0) is 14.8 Å². The van der Waals surface area contributed by atoms with Crippen LogP contribution in [0.3, 0.4) is 0 Å². The zero-order valence-corrected chi connectivity index (χ0v) is 15.5. The van der Waals surface area contributed by atoms with Gasteiger partial charge in [0.25, 0.3) is 0 Å². The number of halogens is 1. The van der Waals surface area contributed by atoms with E-state index in [2.05, 4.69) is 9.62 Å². The molecule has 1 aliphatic heterocycles. The van der Waals surface area contributed by atoms with E-state index in [-0.39, 0.29) is 4.90 Å². The number of morpholine rings is 1. The SMILES string of the molecule is Cc1ccc(C(CN2CCOCC2)NS(=O)(=O)c2ccccc2F)cc1. The lowest BCUT2D eigenvalue weighted by Crippen LogP contribution is -2.43. The summed E-state index contributed by atoms with van der Waals surface area (Å²) in [5, 5.41) is 0. The Kier molecular flexibility index (Phi) is 6.03. The lowest BCUT2D eigenvalue weighted by Gasteiger charge is -2.31. The molecule has 0 amide bonds. The summed E-state index contributed by atoms with van der Waals surface area (Å²) in [6.07, 6.45) is 0. The largest absolute Gasteiger partial charge is 0.379 e. The van der Waals surface area contributed by atoms with Crippen molar-refractivity contribution in [2.75, 3.05) is 32.8 Å². The number of nitrogens with one attached hydrogen (secondary N) is 1. The van der Waals surface area contributed by atoms with Gasteiger partial charge >= 0.3 is 0 Å². The molecule has 2 aromatic carbocycles. The highest BCUT2D eigenvalue weighted by Gasteiger charge is 2.26.